The van der Waals surface area contributed by atoms with Gasteiger partial charge in [0.1, 0.15) is 5.75 Å². The number of ketones is 1. The quantitative estimate of drug-likeness (QED) is 0.457. The van der Waals surface area contributed by atoms with Gasteiger partial charge in [0, 0.05) is 10.5 Å². The smallest absolute Gasteiger partial charge is 0.311 e. The predicted octanol–water partition coefficient (Wildman–Crippen LogP) is 4.66. The number of nitro benzene ring substituents is 1. The van der Waals surface area contributed by atoms with Gasteiger partial charge in [-0.2, -0.15) is 0 Å². The number of hydrogen-bond donors (Lipinski definition) is 0. The van der Waals surface area contributed by atoms with E-state index < -0.39 is 4.92 Å². The number of Topliss-reactive ketones (excluding diaryl/α,β-unsaturated/α-hetero) is 1. The maximum Gasteiger partial charge on any atom is 0.311 e. The number of rotatable bonds is 4. The van der Waals surface area contributed by atoms with Gasteiger partial charge in [0.2, 0.25) is 5.75 Å². The Morgan fingerprint density at radius 3 is 2.62 bits per heavy atom. The van der Waals surface area contributed by atoms with Crippen LogP contribution in [-0.2, 0) is 0 Å². The summed E-state index contributed by atoms with van der Waals surface area (Å²) in [6.07, 6.45) is 0. The molecule has 0 aliphatic carbocycles. The van der Waals surface area contributed by atoms with Crippen LogP contribution in [0.25, 0.3) is 0 Å². The summed E-state index contributed by atoms with van der Waals surface area (Å²) < 4.78 is 6.40. The Morgan fingerprint density at radius 1 is 1.29 bits per heavy atom. The van der Waals surface area contributed by atoms with Gasteiger partial charge < -0.3 is 4.74 Å². The van der Waals surface area contributed by atoms with E-state index >= 15 is 0 Å². The second-order valence-electron chi connectivity index (χ2n) is 4.48. The monoisotopic (exact) mass is 349 g/mol. The lowest BCUT2D eigenvalue weighted by Crippen LogP contribution is -2.00. The van der Waals surface area contributed by atoms with E-state index in [9.17, 15) is 14.9 Å². The van der Waals surface area contributed by atoms with Gasteiger partial charge in [0.15, 0.2) is 5.78 Å². The van der Waals surface area contributed by atoms with E-state index in [2.05, 4.69) is 15.9 Å². The van der Waals surface area contributed by atoms with E-state index in [1.165, 1.54) is 13.0 Å². The molecule has 2 rings (SSSR count). The molecular weight excluding hydrogens is 338 g/mol. The largest absolute Gasteiger partial charge is 0.449 e. The molecule has 108 valence electrons. The van der Waals surface area contributed by atoms with Gasteiger partial charge in [-0.1, -0.05) is 28.1 Å². The van der Waals surface area contributed by atoms with Gasteiger partial charge in [0.05, 0.1) is 10.5 Å². The summed E-state index contributed by atoms with van der Waals surface area (Å²) in [6, 6.07) is 9.63. The van der Waals surface area contributed by atoms with Crippen molar-refractivity contribution in [3.8, 4) is 11.5 Å². The average Bonchev–Trinajstić information content (AvgIpc) is 2.40. The Balaban J connectivity index is 2.55. The molecule has 0 aromatic heterocycles. The number of nitro groups is 1. The summed E-state index contributed by atoms with van der Waals surface area (Å²) in [6.45, 7) is 3.14. The van der Waals surface area contributed by atoms with Crippen molar-refractivity contribution in [3.63, 3.8) is 0 Å². The Bertz CT molecular complexity index is 728. The molecule has 0 amide bonds. The second-order valence-corrected chi connectivity index (χ2v) is 5.39. The molecule has 2 aromatic rings. The first-order valence-electron chi connectivity index (χ1n) is 6.12. The van der Waals surface area contributed by atoms with Crippen molar-refractivity contribution >= 4 is 27.4 Å². The van der Waals surface area contributed by atoms with Crippen molar-refractivity contribution in [1.82, 2.24) is 0 Å². The Hall–Kier alpha value is -2.21. The molecule has 0 bridgehead atoms. The standard InChI is InChI=1S/C15H12BrNO4/c1-9-4-3-5-13(17(19)20)15(9)21-14-8-11(16)6-7-12(14)10(2)18/h3-8H,1-2H3. The zero-order valence-corrected chi connectivity index (χ0v) is 13.0. The fourth-order valence-electron chi connectivity index (χ4n) is 1.89. The predicted molar refractivity (Wildman–Crippen MR) is 82.1 cm³/mol. The second kappa shape index (κ2) is 6.05. The van der Waals surface area contributed by atoms with Crippen molar-refractivity contribution in [2.45, 2.75) is 13.8 Å². The molecule has 0 spiro atoms. The first-order chi connectivity index (χ1) is 9.90. The summed E-state index contributed by atoms with van der Waals surface area (Å²) in [5.41, 5.74) is 0.860. The van der Waals surface area contributed by atoms with Crippen LogP contribution in [0.3, 0.4) is 0 Å². The molecule has 2 aromatic carbocycles. The van der Waals surface area contributed by atoms with Gasteiger partial charge in [0.25, 0.3) is 0 Å². The van der Waals surface area contributed by atoms with Crippen molar-refractivity contribution in [3.05, 3.63) is 62.1 Å². The average molecular weight is 350 g/mol. The lowest BCUT2D eigenvalue weighted by atomic mass is 10.1. The normalized spacial score (nSPS) is 10.2. The van der Waals surface area contributed by atoms with Crippen LogP contribution in [0.2, 0.25) is 0 Å². The summed E-state index contributed by atoms with van der Waals surface area (Å²) in [4.78, 5) is 22.2. The third kappa shape index (κ3) is 3.28. The lowest BCUT2D eigenvalue weighted by Gasteiger charge is -2.12. The summed E-state index contributed by atoms with van der Waals surface area (Å²) in [5.74, 6) is 0.256. The van der Waals surface area contributed by atoms with Gasteiger partial charge in [-0.25, -0.2) is 0 Å². The molecule has 0 heterocycles. The van der Waals surface area contributed by atoms with Crippen LogP contribution >= 0.6 is 15.9 Å². The number of para-hydroxylation sites is 1. The zero-order valence-electron chi connectivity index (χ0n) is 11.4. The summed E-state index contributed by atoms with van der Waals surface area (Å²) in [5, 5.41) is 11.1. The summed E-state index contributed by atoms with van der Waals surface area (Å²) in [7, 11) is 0. The van der Waals surface area contributed by atoms with E-state index in [0.717, 1.165) is 4.47 Å². The van der Waals surface area contributed by atoms with E-state index in [1.54, 1.807) is 37.3 Å². The van der Waals surface area contributed by atoms with Crippen LogP contribution in [0, 0.1) is 17.0 Å². The van der Waals surface area contributed by atoms with E-state index in [-0.39, 0.29) is 23.0 Å². The van der Waals surface area contributed by atoms with Crippen molar-refractivity contribution in [2.75, 3.05) is 0 Å². The minimum Gasteiger partial charge on any atom is -0.449 e. The van der Waals surface area contributed by atoms with Crippen molar-refractivity contribution < 1.29 is 14.5 Å². The number of benzene rings is 2. The number of nitrogens with zero attached hydrogens (tertiary/aromatic N) is 1. The Morgan fingerprint density at radius 2 is 2.00 bits per heavy atom. The van der Waals surface area contributed by atoms with Gasteiger partial charge >= 0.3 is 5.69 Å². The minimum atomic E-state index is -0.506. The molecule has 21 heavy (non-hydrogen) atoms. The van der Waals surface area contributed by atoms with Crippen LogP contribution in [0.4, 0.5) is 5.69 Å². The van der Waals surface area contributed by atoms with Crippen LogP contribution in [0.1, 0.15) is 22.8 Å². The first kappa shape index (κ1) is 15.2. The highest BCUT2D eigenvalue weighted by molar-refractivity contribution is 9.10. The molecule has 5 nitrogen and oxygen atoms in total. The number of carbonyl (C=O) groups excluding carboxylic acids is 1. The SMILES string of the molecule is CC(=O)c1ccc(Br)cc1Oc1c(C)cccc1[N+](=O)[O-]. The van der Waals surface area contributed by atoms with Crippen LogP contribution in [0.15, 0.2) is 40.9 Å². The van der Waals surface area contributed by atoms with Gasteiger partial charge in [-0.3, -0.25) is 14.9 Å². The van der Waals surface area contributed by atoms with Crippen LogP contribution < -0.4 is 4.74 Å². The molecule has 0 unspecified atom stereocenters. The molecule has 0 atom stereocenters. The van der Waals surface area contributed by atoms with Crippen LogP contribution in [-0.4, -0.2) is 10.7 Å². The Labute approximate surface area is 129 Å². The van der Waals surface area contributed by atoms with Crippen molar-refractivity contribution in [1.29, 1.82) is 0 Å². The number of ether oxygens (including phenoxy) is 1. The maximum atomic E-state index is 11.6. The lowest BCUT2D eigenvalue weighted by molar-refractivity contribution is -0.385. The molecule has 0 radical (unpaired) electrons. The molecule has 0 fully saturated rings. The third-order valence-electron chi connectivity index (χ3n) is 2.92. The first-order valence-corrected chi connectivity index (χ1v) is 6.92. The molecule has 0 saturated heterocycles. The van der Waals surface area contributed by atoms with E-state index in [1.807, 2.05) is 0 Å². The maximum absolute atomic E-state index is 11.6. The topological polar surface area (TPSA) is 69.4 Å². The third-order valence-corrected chi connectivity index (χ3v) is 3.42. The highest BCUT2D eigenvalue weighted by atomic mass is 79.9. The van der Waals surface area contributed by atoms with Gasteiger partial charge in [-0.15, -0.1) is 0 Å². The number of halogens is 1. The molecule has 0 aliphatic rings. The molecular formula is C15H12BrNO4. The Kier molecular flexibility index (Phi) is 4.37. The summed E-state index contributed by atoms with van der Waals surface area (Å²) >= 11 is 3.30. The number of hydrogen-bond acceptors (Lipinski definition) is 4. The van der Waals surface area contributed by atoms with E-state index in [0.29, 0.717) is 11.1 Å². The fraction of sp³-hybridized carbons (Fsp3) is 0.133. The highest BCUT2D eigenvalue weighted by Gasteiger charge is 2.20. The molecule has 6 heteroatoms. The molecule has 0 N–H and O–H groups in total. The van der Waals surface area contributed by atoms with Gasteiger partial charge in [-0.05, 0) is 37.6 Å². The fourth-order valence-corrected chi connectivity index (χ4v) is 2.24. The van der Waals surface area contributed by atoms with E-state index in [4.69, 9.17) is 4.74 Å². The zero-order chi connectivity index (χ0) is 15.6. The van der Waals surface area contributed by atoms with Crippen LogP contribution in [0.5, 0.6) is 11.5 Å². The number of aryl methyl sites for hydroxylation is 1. The number of carbonyl (C=O) groups is 1. The molecule has 0 aliphatic heterocycles. The van der Waals surface area contributed by atoms with Crippen molar-refractivity contribution in [2.24, 2.45) is 0 Å². The molecule has 0 saturated carbocycles. The minimum absolute atomic E-state index is 0.135. The highest BCUT2D eigenvalue weighted by Crippen LogP contribution is 2.36.